The van der Waals surface area contributed by atoms with Crippen molar-refractivity contribution in [1.29, 1.82) is 0 Å². The van der Waals surface area contributed by atoms with Gasteiger partial charge >= 0.3 is 0 Å². The summed E-state index contributed by atoms with van der Waals surface area (Å²) in [4.78, 5) is 20.2. The molecule has 0 aromatic heterocycles. The van der Waals surface area contributed by atoms with Crippen molar-refractivity contribution in [3.8, 4) is 0 Å². The zero-order valence-corrected chi connectivity index (χ0v) is 21.5. The molecule has 35 heavy (non-hydrogen) atoms. The molecule has 3 aromatic carbocycles. The fraction of sp³-hybridized carbons (Fsp3) is 0.333. The molecule has 0 aliphatic rings. The van der Waals surface area contributed by atoms with Crippen LogP contribution in [0.4, 0.5) is 11.4 Å². The van der Waals surface area contributed by atoms with Crippen LogP contribution in [0.5, 0.6) is 0 Å². The van der Waals surface area contributed by atoms with Crippen molar-refractivity contribution in [3.05, 3.63) is 95.1 Å². The third-order valence-corrected chi connectivity index (χ3v) is 5.97. The van der Waals surface area contributed by atoms with Gasteiger partial charge in [-0.1, -0.05) is 93.5 Å². The summed E-state index contributed by atoms with van der Waals surface area (Å²) in [5, 5.41) is 7.04. The Morgan fingerprint density at radius 2 is 1.54 bits per heavy atom. The molecule has 1 N–H and O–H groups in total. The minimum Gasteiger partial charge on any atom is -0.386 e. The molecular formula is C30H37N3O2. The van der Waals surface area contributed by atoms with Gasteiger partial charge in [0, 0.05) is 24.5 Å². The van der Waals surface area contributed by atoms with Gasteiger partial charge in [-0.2, -0.15) is 0 Å². The summed E-state index contributed by atoms with van der Waals surface area (Å²) in [7, 11) is 0. The van der Waals surface area contributed by atoms with E-state index in [2.05, 4.69) is 98.5 Å². The van der Waals surface area contributed by atoms with Gasteiger partial charge in [0.25, 0.3) is 5.91 Å². The summed E-state index contributed by atoms with van der Waals surface area (Å²) >= 11 is 0. The van der Waals surface area contributed by atoms with Crippen molar-refractivity contribution in [2.24, 2.45) is 5.16 Å². The predicted molar refractivity (Wildman–Crippen MR) is 146 cm³/mol. The van der Waals surface area contributed by atoms with Crippen LogP contribution in [0.1, 0.15) is 68.7 Å². The summed E-state index contributed by atoms with van der Waals surface area (Å²) < 4.78 is 0. The molecule has 0 radical (unpaired) electrons. The number of nitrogens with zero attached hydrogens (tertiary/aromatic N) is 2. The average Bonchev–Trinajstić information content (AvgIpc) is 2.86. The molecule has 184 valence electrons. The number of carbonyl (C=O) groups excluding carboxylic acids is 1. The van der Waals surface area contributed by atoms with Crippen LogP contribution in [0.3, 0.4) is 0 Å². The monoisotopic (exact) mass is 471 g/mol. The number of amides is 1. The third-order valence-electron chi connectivity index (χ3n) is 5.97. The van der Waals surface area contributed by atoms with Crippen LogP contribution >= 0.6 is 0 Å². The van der Waals surface area contributed by atoms with E-state index in [-0.39, 0.29) is 12.5 Å². The van der Waals surface area contributed by atoms with Gasteiger partial charge in [0.1, 0.15) is 0 Å². The molecule has 0 atom stereocenters. The summed E-state index contributed by atoms with van der Waals surface area (Å²) in [6.45, 7) is 12.3. The van der Waals surface area contributed by atoms with E-state index >= 15 is 0 Å². The summed E-state index contributed by atoms with van der Waals surface area (Å²) in [5.41, 5.74) is 6.49. The van der Waals surface area contributed by atoms with Gasteiger partial charge in [-0.25, -0.2) is 0 Å². The molecule has 0 saturated heterocycles. The van der Waals surface area contributed by atoms with E-state index in [0.717, 1.165) is 41.2 Å². The molecule has 3 rings (SSSR count). The molecule has 0 bridgehead atoms. The molecule has 0 spiro atoms. The summed E-state index contributed by atoms with van der Waals surface area (Å²) in [5.74, 6) is 0.400. The predicted octanol–water partition coefficient (Wildman–Crippen LogP) is 6.95. The number of benzene rings is 3. The smallest absolute Gasteiger partial charge is 0.265 e. The van der Waals surface area contributed by atoms with Crippen LogP contribution in [0.15, 0.2) is 78.0 Å². The first-order valence-electron chi connectivity index (χ1n) is 12.4. The lowest BCUT2D eigenvalue weighted by Gasteiger charge is -2.23. The lowest BCUT2D eigenvalue weighted by molar-refractivity contribution is -0.120. The SMILES string of the molecule is CCN(Cc1ccccc1)c1ccc(/C=N\OCC(=O)Nc2c(C(C)C)cccc2C(C)C)cc1. The average molecular weight is 472 g/mol. The molecule has 0 fully saturated rings. The van der Waals surface area contributed by atoms with E-state index in [1.165, 1.54) is 5.56 Å². The number of carbonyl (C=O) groups is 1. The zero-order valence-electron chi connectivity index (χ0n) is 21.5. The zero-order chi connectivity index (χ0) is 25.2. The van der Waals surface area contributed by atoms with E-state index in [0.29, 0.717) is 11.8 Å². The highest BCUT2D eigenvalue weighted by Crippen LogP contribution is 2.32. The molecule has 0 saturated carbocycles. The van der Waals surface area contributed by atoms with E-state index in [1.54, 1.807) is 6.21 Å². The highest BCUT2D eigenvalue weighted by Gasteiger charge is 2.16. The Kier molecular flexibility index (Phi) is 9.47. The van der Waals surface area contributed by atoms with Gasteiger partial charge in [-0.3, -0.25) is 4.79 Å². The molecule has 0 aliphatic carbocycles. The Hall–Kier alpha value is -3.60. The Labute approximate surface area is 209 Å². The van der Waals surface area contributed by atoms with Gasteiger partial charge in [-0.15, -0.1) is 0 Å². The van der Waals surface area contributed by atoms with Gasteiger partial charge < -0.3 is 15.1 Å². The normalized spacial score (nSPS) is 11.3. The first kappa shape index (κ1) is 26.0. The second kappa shape index (κ2) is 12.7. The molecule has 3 aromatic rings. The summed E-state index contributed by atoms with van der Waals surface area (Å²) in [6, 6.07) is 24.8. The van der Waals surface area contributed by atoms with Crippen LogP contribution in [-0.2, 0) is 16.2 Å². The molecule has 5 nitrogen and oxygen atoms in total. The first-order chi connectivity index (χ1) is 16.9. The van der Waals surface area contributed by atoms with Crippen LogP contribution < -0.4 is 10.2 Å². The van der Waals surface area contributed by atoms with Gasteiger partial charge in [-0.05, 0) is 53.1 Å². The van der Waals surface area contributed by atoms with Crippen molar-refractivity contribution in [3.63, 3.8) is 0 Å². The van der Waals surface area contributed by atoms with Crippen molar-refractivity contribution >= 4 is 23.5 Å². The maximum Gasteiger partial charge on any atom is 0.265 e. The lowest BCUT2D eigenvalue weighted by Crippen LogP contribution is -2.21. The number of rotatable bonds is 11. The maximum atomic E-state index is 12.6. The Bertz CT molecular complexity index is 1080. The molecule has 0 aliphatic heterocycles. The number of anilines is 2. The van der Waals surface area contributed by atoms with Crippen LogP contribution in [0, 0.1) is 0 Å². The van der Waals surface area contributed by atoms with E-state index < -0.39 is 0 Å². The first-order valence-corrected chi connectivity index (χ1v) is 12.4. The molecule has 5 heteroatoms. The lowest BCUT2D eigenvalue weighted by atomic mass is 9.92. The van der Waals surface area contributed by atoms with Crippen molar-refractivity contribution < 1.29 is 9.63 Å². The number of hydrogen-bond acceptors (Lipinski definition) is 4. The molecule has 0 unspecified atom stereocenters. The Morgan fingerprint density at radius 1 is 0.914 bits per heavy atom. The van der Waals surface area contributed by atoms with Gasteiger partial charge in [0.05, 0.1) is 6.21 Å². The fourth-order valence-corrected chi connectivity index (χ4v) is 4.03. The third kappa shape index (κ3) is 7.44. The van der Waals surface area contributed by atoms with Crippen molar-refractivity contribution in [1.82, 2.24) is 0 Å². The largest absolute Gasteiger partial charge is 0.386 e. The van der Waals surface area contributed by atoms with E-state index in [1.807, 2.05) is 24.3 Å². The fourth-order valence-electron chi connectivity index (χ4n) is 4.03. The van der Waals surface area contributed by atoms with Gasteiger partial charge in [0.2, 0.25) is 0 Å². The van der Waals surface area contributed by atoms with E-state index in [4.69, 9.17) is 4.84 Å². The van der Waals surface area contributed by atoms with Crippen molar-refractivity contribution in [2.45, 2.75) is 53.0 Å². The van der Waals surface area contributed by atoms with Crippen LogP contribution in [0.25, 0.3) is 0 Å². The number of hydrogen-bond donors (Lipinski definition) is 1. The molecule has 0 heterocycles. The van der Waals surface area contributed by atoms with Crippen LogP contribution in [0.2, 0.25) is 0 Å². The van der Waals surface area contributed by atoms with E-state index in [9.17, 15) is 4.79 Å². The van der Waals surface area contributed by atoms with Gasteiger partial charge in [0.15, 0.2) is 6.61 Å². The minimum atomic E-state index is -0.216. The highest BCUT2D eigenvalue weighted by molar-refractivity contribution is 5.93. The van der Waals surface area contributed by atoms with Crippen molar-refractivity contribution in [2.75, 3.05) is 23.4 Å². The quantitative estimate of drug-likeness (QED) is 0.243. The second-order valence-electron chi connectivity index (χ2n) is 9.27. The maximum absolute atomic E-state index is 12.6. The standard InChI is InChI=1S/C30H37N3O2/c1-6-33(20-25-11-8-7-9-12-25)26-17-15-24(16-18-26)19-31-35-21-29(34)32-30-27(22(2)3)13-10-14-28(30)23(4)5/h7-19,22-23H,6,20-21H2,1-5H3,(H,32,34)/b31-19-. The number of para-hydroxylation sites is 1. The minimum absolute atomic E-state index is 0.140. The Morgan fingerprint density at radius 3 is 2.11 bits per heavy atom. The van der Waals surface area contributed by atoms with Crippen LogP contribution in [-0.4, -0.2) is 25.3 Å². The molecule has 1 amide bonds. The summed E-state index contributed by atoms with van der Waals surface area (Å²) in [6.07, 6.45) is 1.63. The Balaban J connectivity index is 1.55. The molecular weight excluding hydrogens is 434 g/mol. The second-order valence-corrected chi connectivity index (χ2v) is 9.27. The number of nitrogens with one attached hydrogen (secondary N) is 1. The highest BCUT2D eigenvalue weighted by atomic mass is 16.6. The topological polar surface area (TPSA) is 53.9 Å². The number of oxime groups is 1.